The Morgan fingerprint density at radius 3 is 2.62 bits per heavy atom. The number of nitrogens with zero attached hydrogens (tertiary/aromatic N) is 2. The first kappa shape index (κ1) is 10.6. The first-order valence-electron chi connectivity index (χ1n) is 5.71. The third kappa shape index (κ3) is 4.91. The van der Waals surface area contributed by atoms with Gasteiger partial charge >= 0.3 is 0 Å². The highest BCUT2D eigenvalue weighted by atomic mass is 15.5. The average Bonchev–Trinajstić information content (AvgIpc) is 2.63. The van der Waals surface area contributed by atoms with Gasteiger partial charge in [0.05, 0.1) is 0 Å². The molecule has 1 heterocycles. The van der Waals surface area contributed by atoms with Crippen LogP contribution in [0.3, 0.4) is 0 Å². The van der Waals surface area contributed by atoms with Crippen molar-refractivity contribution >= 4 is 6.21 Å². The Hall–Kier alpha value is -0.530. The van der Waals surface area contributed by atoms with Crippen LogP contribution in [0.4, 0.5) is 0 Å². The van der Waals surface area contributed by atoms with Crippen LogP contribution in [0.1, 0.15) is 51.9 Å². The molecule has 1 aliphatic heterocycles. The van der Waals surface area contributed by atoms with Crippen molar-refractivity contribution in [1.82, 2.24) is 5.01 Å². The number of unbranched alkanes of at least 4 members (excludes halogenated alkanes) is 5. The lowest BCUT2D eigenvalue weighted by molar-refractivity contribution is 0.308. The first-order chi connectivity index (χ1) is 6.43. The summed E-state index contributed by atoms with van der Waals surface area (Å²) in [5.74, 6) is 0. The molecular weight excluding hydrogens is 160 g/mol. The van der Waals surface area contributed by atoms with Gasteiger partial charge in [0, 0.05) is 25.7 Å². The molecule has 0 aromatic heterocycles. The van der Waals surface area contributed by atoms with E-state index >= 15 is 0 Å². The summed E-state index contributed by atoms with van der Waals surface area (Å²) in [4.78, 5) is 0. The molecule has 0 fully saturated rings. The Balaban J connectivity index is 1.81. The smallest absolute Gasteiger partial charge is 0.0410 e. The van der Waals surface area contributed by atoms with Gasteiger partial charge in [-0.15, -0.1) is 0 Å². The minimum atomic E-state index is 1.15. The maximum Gasteiger partial charge on any atom is 0.0410 e. The molecule has 0 saturated heterocycles. The molecule has 0 N–H and O–H groups in total. The summed E-state index contributed by atoms with van der Waals surface area (Å²) in [6, 6.07) is 0. The van der Waals surface area contributed by atoms with E-state index in [9.17, 15) is 0 Å². The van der Waals surface area contributed by atoms with Crippen LogP contribution in [0.5, 0.6) is 0 Å². The molecule has 0 spiro atoms. The first-order valence-corrected chi connectivity index (χ1v) is 5.71. The molecule has 0 aromatic carbocycles. The Kier molecular flexibility index (Phi) is 5.62. The second-order valence-corrected chi connectivity index (χ2v) is 3.81. The minimum absolute atomic E-state index is 1.15. The molecule has 13 heavy (non-hydrogen) atoms. The molecule has 0 aliphatic carbocycles. The monoisotopic (exact) mass is 182 g/mol. The maximum atomic E-state index is 4.28. The molecule has 1 aliphatic rings. The fraction of sp³-hybridized carbons (Fsp3) is 0.909. The van der Waals surface area contributed by atoms with Crippen LogP contribution in [-0.2, 0) is 0 Å². The van der Waals surface area contributed by atoms with Gasteiger partial charge in [-0.2, -0.15) is 5.10 Å². The van der Waals surface area contributed by atoms with E-state index in [4.69, 9.17) is 0 Å². The number of hydrogen-bond donors (Lipinski definition) is 0. The Morgan fingerprint density at radius 2 is 1.92 bits per heavy atom. The minimum Gasteiger partial charge on any atom is -0.297 e. The zero-order chi connectivity index (χ0) is 9.36. The predicted octanol–water partition coefficient (Wildman–Crippen LogP) is 3.04. The summed E-state index contributed by atoms with van der Waals surface area (Å²) in [6.45, 7) is 4.58. The standard InChI is InChI=1S/C11H22N2/c1-2-3-4-5-6-7-10-13-11-8-9-12-13/h9H,2-8,10-11H2,1H3. The Labute approximate surface area is 82.0 Å². The van der Waals surface area contributed by atoms with Crippen molar-refractivity contribution in [3.05, 3.63) is 0 Å². The molecule has 2 nitrogen and oxygen atoms in total. The highest BCUT2D eigenvalue weighted by Crippen LogP contribution is 2.07. The van der Waals surface area contributed by atoms with E-state index in [1.807, 2.05) is 6.21 Å². The third-order valence-corrected chi connectivity index (χ3v) is 2.53. The predicted molar refractivity (Wildman–Crippen MR) is 58.1 cm³/mol. The van der Waals surface area contributed by atoms with E-state index in [1.165, 1.54) is 45.1 Å². The molecule has 0 atom stereocenters. The lowest BCUT2D eigenvalue weighted by atomic mass is 10.1. The molecule has 0 bridgehead atoms. The highest BCUT2D eigenvalue weighted by Gasteiger charge is 2.03. The van der Waals surface area contributed by atoms with Gasteiger partial charge in [-0.25, -0.2) is 0 Å². The normalized spacial score (nSPS) is 15.6. The summed E-state index contributed by atoms with van der Waals surface area (Å²) in [7, 11) is 0. The van der Waals surface area contributed by atoms with Crippen molar-refractivity contribution in [2.45, 2.75) is 51.9 Å². The van der Waals surface area contributed by atoms with Crippen molar-refractivity contribution in [3.8, 4) is 0 Å². The van der Waals surface area contributed by atoms with Gasteiger partial charge in [-0.05, 0) is 6.42 Å². The van der Waals surface area contributed by atoms with E-state index in [-0.39, 0.29) is 0 Å². The average molecular weight is 182 g/mol. The summed E-state index contributed by atoms with van der Waals surface area (Å²) in [5, 5.41) is 6.47. The Morgan fingerprint density at radius 1 is 1.15 bits per heavy atom. The lowest BCUT2D eigenvalue weighted by Gasteiger charge is -2.12. The molecule has 0 amide bonds. The van der Waals surface area contributed by atoms with E-state index in [1.54, 1.807) is 0 Å². The largest absolute Gasteiger partial charge is 0.297 e. The molecule has 0 unspecified atom stereocenters. The zero-order valence-electron chi connectivity index (χ0n) is 8.84. The van der Waals surface area contributed by atoms with Crippen LogP contribution in [0, 0.1) is 0 Å². The molecule has 0 aromatic rings. The molecule has 0 saturated carbocycles. The number of hydrogen-bond acceptors (Lipinski definition) is 2. The molecule has 2 heteroatoms. The molecular formula is C11H22N2. The van der Waals surface area contributed by atoms with Gasteiger partial charge in [-0.3, -0.25) is 5.01 Å². The lowest BCUT2D eigenvalue weighted by Crippen LogP contribution is -2.15. The molecule has 1 rings (SSSR count). The van der Waals surface area contributed by atoms with Crippen molar-refractivity contribution in [1.29, 1.82) is 0 Å². The van der Waals surface area contributed by atoms with Crippen LogP contribution < -0.4 is 0 Å². The van der Waals surface area contributed by atoms with Gasteiger partial charge in [0.2, 0.25) is 0 Å². The summed E-state index contributed by atoms with van der Waals surface area (Å²) < 4.78 is 0. The number of rotatable bonds is 7. The van der Waals surface area contributed by atoms with Crippen molar-refractivity contribution in [2.75, 3.05) is 13.1 Å². The quantitative estimate of drug-likeness (QED) is 0.553. The van der Waals surface area contributed by atoms with Gasteiger partial charge in [-0.1, -0.05) is 39.0 Å². The zero-order valence-corrected chi connectivity index (χ0v) is 8.84. The van der Waals surface area contributed by atoms with Crippen LogP contribution >= 0.6 is 0 Å². The fourth-order valence-electron chi connectivity index (χ4n) is 1.68. The van der Waals surface area contributed by atoms with Gasteiger partial charge in [0.1, 0.15) is 0 Å². The SMILES string of the molecule is CCCCCCCCN1CCC=N1. The number of hydrazone groups is 1. The highest BCUT2D eigenvalue weighted by molar-refractivity contribution is 5.58. The van der Waals surface area contributed by atoms with E-state index in [0.29, 0.717) is 0 Å². The van der Waals surface area contributed by atoms with Crippen molar-refractivity contribution in [3.63, 3.8) is 0 Å². The summed E-state index contributed by atoms with van der Waals surface area (Å²) in [5.41, 5.74) is 0. The Bertz CT molecular complexity index is 143. The fourth-order valence-corrected chi connectivity index (χ4v) is 1.68. The summed E-state index contributed by atoms with van der Waals surface area (Å²) >= 11 is 0. The van der Waals surface area contributed by atoms with Crippen LogP contribution in [0.2, 0.25) is 0 Å². The molecule has 76 valence electrons. The second-order valence-electron chi connectivity index (χ2n) is 3.81. The van der Waals surface area contributed by atoms with Crippen LogP contribution in [0.15, 0.2) is 5.10 Å². The van der Waals surface area contributed by atoms with E-state index in [0.717, 1.165) is 13.0 Å². The van der Waals surface area contributed by atoms with Crippen molar-refractivity contribution < 1.29 is 0 Å². The van der Waals surface area contributed by atoms with Crippen LogP contribution in [0.25, 0.3) is 0 Å². The van der Waals surface area contributed by atoms with Gasteiger partial charge in [0.25, 0.3) is 0 Å². The maximum absolute atomic E-state index is 4.28. The van der Waals surface area contributed by atoms with Crippen molar-refractivity contribution in [2.24, 2.45) is 5.10 Å². The van der Waals surface area contributed by atoms with E-state index in [2.05, 4.69) is 17.0 Å². The molecule has 0 radical (unpaired) electrons. The third-order valence-electron chi connectivity index (χ3n) is 2.53. The van der Waals surface area contributed by atoms with E-state index < -0.39 is 0 Å². The van der Waals surface area contributed by atoms with Gasteiger partial charge in [0.15, 0.2) is 0 Å². The topological polar surface area (TPSA) is 15.6 Å². The second kappa shape index (κ2) is 6.93. The summed E-state index contributed by atoms with van der Waals surface area (Å²) in [6.07, 6.45) is 11.4. The van der Waals surface area contributed by atoms with Crippen LogP contribution in [-0.4, -0.2) is 24.3 Å². The van der Waals surface area contributed by atoms with Gasteiger partial charge < -0.3 is 0 Å².